The van der Waals surface area contributed by atoms with Crippen LogP contribution in [0.1, 0.15) is 22.7 Å². The molecule has 1 heterocycles. The van der Waals surface area contributed by atoms with Gasteiger partial charge in [0.25, 0.3) is 0 Å². The first-order valence-electron chi connectivity index (χ1n) is 5.98. The Balaban J connectivity index is 2.36. The molecule has 3 heteroatoms. The van der Waals surface area contributed by atoms with Crippen molar-refractivity contribution in [3.05, 3.63) is 59.4 Å². The van der Waals surface area contributed by atoms with Crippen LogP contribution in [0.2, 0.25) is 0 Å². The highest BCUT2D eigenvalue weighted by Gasteiger charge is 2.14. The highest BCUT2D eigenvalue weighted by atomic mass is 16.5. The van der Waals surface area contributed by atoms with Gasteiger partial charge in [0.2, 0.25) is 0 Å². The number of methoxy groups -OCH3 is 1. The molecule has 2 aromatic rings. The second kappa shape index (κ2) is 5.65. The first kappa shape index (κ1) is 12.6. The summed E-state index contributed by atoms with van der Waals surface area (Å²) in [5.41, 5.74) is 3.64. The molecule has 0 saturated carbocycles. The fourth-order valence-electron chi connectivity index (χ4n) is 2.08. The molecule has 0 fully saturated rings. The molecule has 1 aromatic heterocycles. The maximum atomic E-state index is 5.18. The molecule has 1 N–H and O–H groups in total. The van der Waals surface area contributed by atoms with Crippen molar-refractivity contribution >= 4 is 0 Å². The van der Waals surface area contributed by atoms with Crippen LogP contribution in [0.4, 0.5) is 0 Å². The predicted octanol–water partition coefficient (Wildman–Crippen LogP) is 2.71. The summed E-state index contributed by atoms with van der Waals surface area (Å²) in [4.78, 5) is 4.21. The molecular formula is C15H18N2O. The quantitative estimate of drug-likeness (QED) is 0.895. The summed E-state index contributed by atoms with van der Waals surface area (Å²) < 4.78 is 5.18. The first-order chi connectivity index (χ1) is 8.76. The molecule has 1 atom stereocenters. The molecule has 0 aliphatic heterocycles. The number of nitrogens with one attached hydrogen (secondary N) is 1. The fourth-order valence-corrected chi connectivity index (χ4v) is 2.08. The summed E-state index contributed by atoms with van der Waals surface area (Å²) in [5, 5.41) is 3.33. The molecule has 0 saturated heterocycles. The van der Waals surface area contributed by atoms with Gasteiger partial charge in [-0.1, -0.05) is 12.1 Å². The van der Waals surface area contributed by atoms with Crippen molar-refractivity contribution < 1.29 is 4.74 Å². The van der Waals surface area contributed by atoms with Gasteiger partial charge in [-0.2, -0.15) is 0 Å². The number of hydrogen-bond donors (Lipinski definition) is 1. The van der Waals surface area contributed by atoms with E-state index in [9.17, 15) is 0 Å². The maximum Gasteiger partial charge on any atom is 0.118 e. The lowest BCUT2D eigenvalue weighted by atomic mass is 9.97. The molecule has 1 aromatic carbocycles. The van der Waals surface area contributed by atoms with Crippen molar-refractivity contribution in [3.63, 3.8) is 0 Å². The lowest BCUT2D eigenvalue weighted by Crippen LogP contribution is -2.18. The van der Waals surface area contributed by atoms with E-state index in [1.165, 1.54) is 16.7 Å². The highest BCUT2D eigenvalue weighted by molar-refractivity contribution is 5.37. The zero-order chi connectivity index (χ0) is 13.0. The van der Waals surface area contributed by atoms with E-state index in [2.05, 4.69) is 29.4 Å². The van der Waals surface area contributed by atoms with E-state index < -0.39 is 0 Å². The minimum Gasteiger partial charge on any atom is -0.497 e. The number of aryl methyl sites for hydroxylation is 1. The van der Waals surface area contributed by atoms with E-state index >= 15 is 0 Å². The number of aromatic nitrogens is 1. The maximum absolute atomic E-state index is 5.18. The third kappa shape index (κ3) is 2.51. The van der Waals surface area contributed by atoms with Crippen molar-refractivity contribution in [2.75, 3.05) is 14.2 Å². The Bertz CT molecular complexity index is 508. The Labute approximate surface area is 108 Å². The summed E-state index contributed by atoms with van der Waals surface area (Å²) in [6.45, 7) is 2.10. The van der Waals surface area contributed by atoms with Crippen molar-refractivity contribution in [3.8, 4) is 5.75 Å². The van der Waals surface area contributed by atoms with Crippen molar-refractivity contribution in [2.24, 2.45) is 0 Å². The van der Waals surface area contributed by atoms with E-state index in [1.54, 1.807) is 7.11 Å². The fraction of sp³-hybridized carbons (Fsp3) is 0.267. The third-order valence-electron chi connectivity index (χ3n) is 3.13. The summed E-state index contributed by atoms with van der Waals surface area (Å²) in [6.07, 6.45) is 3.74. The van der Waals surface area contributed by atoms with Gasteiger partial charge in [-0.05, 0) is 48.9 Å². The van der Waals surface area contributed by atoms with Crippen LogP contribution in [0.3, 0.4) is 0 Å². The summed E-state index contributed by atoms with van der Waals surface area (Å²) >= 11 is 0. The SMILES string of the molecule is CNC(c1ccc(OC)cc1)c1cnccc1C. The molecule has 0 radical (unpaired) electrons. The Morgan fingerprint density at radius 2 is 1.89 bits per heavy atom. The Kier molecular flexibility index (Phi) is 3.95. The molecule has 0 amide bonds. The van der Waals surface area contributed by atoms with Crippen LogP contribution in [0, 0.1) is 6.92 Å². The van der Waals surface area contributed by atoms with Crippen molar-refractivity contribution in [1.29, 1.82) is 0 Å². The second-order valence-electron chi connectivity index (χ2n) is 4.23. The molecule has 94 valence electrons. The van der Waals surface area contributed by atoms with E-state index in [1.807, 2.05) is 37.6 Å². The summed E-state index contributed by atoms with van der Waals surface area (Å²) in [7, 11) is 3.64. The number of hydrogen-bond acceptors (Lipinski definition) is 3. The monoisotopic (exact) mass is 242 g/mol. The van der Waals surface area contributed by atoms with Crippen LogP contribution < -0.4 is 10.1 Å². The molecule has 1 unspecified atom stereocenters. The lowest BCUT2D eigenvalue weighted by Gasteiger charge is -2.19. The van der Waals surface area contributed by atoms with Gasteiger partial charge in [-0.25, -0.2) is 0 Å². The molecule has 0 spiro atoms. The third-order valence-corrected chi connectivity index (χ3v) is 3.13. The number of rotatable bonds is 4. The molecular weight excluding hydrogens is 224 g/mol. The van der Waals surface area contributed by atoms with E-state index in [0.717, 1.165) is 5.75 Å². The van der Waals surface area contributed by atoms with Gasteiger partial charge in [0.1, 0.15) is 5.75 Å². The zero-order valence-corrected chi connectivity index (χ0v) is 11.0. The molecule has 18 heavy (non-hydrogen) atoms. The predicted molar refractivity (Wildman–Crippen MR) is 72.9 cm³/mol. The smallest absolute Gasteiger partial charge is 0.118 e. The largest absolute Gasteiger partial charge is 0.497 e. The van der Waals surface area contributed by atoms with Crippen LogP contribution in [-0.4, -0.2) is 19.1 Å². The molecule has 2 rings (SSSR count). The second-order valence-corrected chi connectivity index (χ2v) is 4.23. The molecule has 0 bridgehead atoms. The number of pyridine rings is 1. The van der Waals surface area contributed by atoms with Crippen molar-refractivity contribution in [2.45, 2.75) is 13.0 Å². The Morgan fingerprint density at radius 1 is 1.17 bits per heavy atom. The van der Waals surface area contributed by atoms with Crippen LogP contribution in [-0.2, 0) is 0 Å². The minimum absolute atomic E-state index is 0.157. The van der Waals surface area contributed by atoms with E-state index in [-0.39, 0.29) is 6.04 Å². The van der Waals surface area contributed by atoms with Gasteiger partial charge < -0.3 is 10.1 Å². The first-order valence-corrected chi connectivity index (χ1v) is 5.98. The van der Waals surface area contributed by atoms with Gasteiger partial charge in [-0.15, -0.1) is 0 Å². The van der Waals surface area contributed by atoms with E-state index in [4.69, 9.17) is 4.74 Å². The average molecular weight is 242 g/mol. The number of benzene rings is 1. The van der Waals surface area contributed by atoms with Crippen LogP contribution in [0.15, 0.2) is 42.7 Å². The van der Waals surface area contributed by atoms with Crippen LogP contribution in [0.5, 0.6) is 5.75 Å². The average Bonchev–Trinajstić information content (AvgIpc) is 2.42. The topological polar surface area (TPSA) is 34.1 Å². The van der Waals surface area contributed by atoms with Gasteiger partial charge in [0, 0.05) is 12.4 Å². The molecule has 0 aliphatic rings. The number of ether oxygens (including phenoxy) is 1. The Hall–Kier alpha value is -1.87. The summed E-state index contributed by atoms with van der Waals surface area (Å²) in [5.74, 6) is 0.872. The van der Waals surface area contributed by atoms with Gasteiger partial charge in [0.15, 0.2) is 0 Å². The standard InChI is InChI=1S/C15H18N2O/c1-11-8-9-17-10-14(11)15(16-2)12-4-6-13(18-3)7-5-12/h4-10,15-16H,1-3H3. The van der Waals surface area contributed by atoms with E-state index in [0.29, 0.717) is 0 Å². The number of nitrogens with zero attached hydrogens (tertiary/aromatic N) is 1. The molecule has 0 aliphatic carbocycles. The highest BCUT2D eigenvalue weighted by Crippen LogP contribution is 2.25. The van der Waals surface area contributed by atoms with Crippen LogP contribution in [0.25, 0.3) is 0 Å². The Morgan fingerprint density at radius 3 is 2.44 bits per heavy atom. The van der Waals surface area contributed by atoms with Gasteiger partial charge in [-0.3, -0.25) is 4.98 Å². The lowest BCUT2D eigenvalue weighted by molar-refractivity contribution is 0.414. The molecule has 3 nitrogen and oxygen atoms in total. The van der Waals surface area contributed by atoms with Crippen molar-refractivity contribution in [1.82, 2.24) is 10.3 Å². The minimum atomic E-state index is 0.157. The van der Waals surface area contributed by atoms with Crippen LogP contribution >= 0.6 is 0 Å². The normalized spacial score (nSPS) is 12.2. The zero-order valence-electron chi connectivity index (χ0n) is 11.0. The van der Waals surface area contributed by atoms with Gasteiger partial charge >= 0.3 is 0 Å². The summed E-state index contributed by atoms with van der Waals surface area (Å²) in [6, 6.07) is 10.3. The van der Waals surface area contributed by atoms with Gasteiger partial charge in [0.05, 0.1) is 13.2 Å².